The molecule has 0 bridgehead atoms. The predicted octanol–water partition coefficient (Wildman–Crippen LogP) is 2.82. The van der Waals surface area contributed by atoms with Crippen LogP contribution in [0.2, 0.25) is 0 Å². The van der Waals surface area contributed by atoms with Crippen LogP contribution in [0, 0.1) is 6.92 Å². The summed E-state index contributed by atoms with van der Waals surface area (Å²) in [7, 11) is 3.69. The van der Waals surface area contributed by atoms with E-state index in [9.17, 15) is 4.79 Å². The number of hydrogen-bond acceptors (Lipinski definition) is 5. The number of anilines is 1. The lowest BCUT2D eigenvalue weighted by molar-refractivity contribution is 0.0951. The van der Waals surface area contributed by atoms with Crippen LogP contribution in [-0.4, -0.2) is 27.1 Å². The van der Waals surface area contributed by atoms with Gasteiger partial charge in [0.15, 0.2) is 0 Å². The minimum absolute atomic E-state index is 0.114. The average Bonchev–Trinajstić information content (AvgIpc) is 3.18. The number of amides is 1. The first kappa shape index (κ1) is 16.2. The molecule has 2 aromatic heterocycles. The smallest absolute Gasteiger partial charge is 0.256 e. The summed E-state index contributed by atoms with van der Waals surface area (Å²) in [4.78, 5) is 12.4. The molecule has 0 aliphatic rings. The van der Waals surface area contributed by atoms with E-state index in [4.69, 9.17) is 0 Å². The van der Waals surface area contributed by atoms with Crippen molar-refractivity contribution < 1.29 is 4.79 Å². The Hall–Kier alpha value is -2.67. The van der Waals surface area contributed by atoms with E-state index in [0.717, 1.165) is 27.4 Å². The van der Waals surface area contributed by atoms with Crippen molar-refractivity contribution in [3.05, 3.63) is 53.5 Å². The zero-order valence-corrected chi connectivity index (χ0v) is 14.6. The van der Waals surface area contributed by atoms with Crippen molar-refractivity contribution in [2.75, 3.05) is 12.4 Å². The molecular weight excluding hydrogens is 322 g/mol. The van der Waals surface area contributed by atoms with E-state index in [0.29, 0.717) is 12.1 Å². The largest absolute Gasteiger partial charge is 0.378 e. The van der Waals surface area contributed by atoms with Crippen LogP contribution in [0.25, 0.3) is 11.1 Å². The number of carbonyl (C=O) groups is 1. The lowest BCUT2D eigenvalue weighted by Crippen LogP contribution is -2.23. The Morgan fingerprint density at radius 1 is 1.33 bits per heavy atom. The fraction of sp³-hybridized carbons (Fsp3) is 0.235. The van der Waals surface area contributed by atoms with Crippen LogP contribution in [0.1, 0.15) is 21.6 Å². The fourth-order valence-electron chi connectivity index (χ4n) is 2.51. The summed E-state index contributed by atoms with van der Waals surface area (Å²) in [5, 5.41) is 11.0. The number of benzene rings is 1. The van der Waals surface area contributed by atoms with Crippen LogP contribution in [0.5, 0.6) is 0 Å². The number of aromatic nitrogens is 3. The first-order chi connectivity index (χ1) is 11.6. The van der Waals surface area contributed by atoms with Gasteiger partial charge in [0.1, 0.15) is 5.00 Å². The van der Waals surface area contributed by atoms with E-state index in [-0.39, 0.29) is 5.91 Å². The first-order valence-electron chi connectivity index (χ1n) is 7.58. The minimum atomic E-state index is -0.114. The average molecular weight is 341 g/mol. The summed E-state index contributed by atoms with van der Waals surface area (Å²) in [6.07, 6.45) is 3.80. The quantitative estimate of drug-likeness (QED) is 0.748. The van der Waals surface area contributed by atoms with Crippen LogP contribution in [0.4, 0.5) is 5.00 Å². The number of aryl methyl sites for hydroxylation is 2. The molecule has 0 unspecified atom stereocenters. The van der Waals surface area contributed by atoms with Gasteiger partial charge < -0.3 is 10.6 Å². The molecule has 0 radical (unpaired) electrons. The summed E-state index contributed by atoms with van der Waals surface area (Å²) < 4.78 is 6.00. The number of nitrogens with zero attached hydrogens (tertiary/aromatic N) is 3. The van der Waals surface area contributed by atoms with Gasteiger partial charge in [0.25, 0.3) is 5.91 Å². The molecule has 1 aromatic carbocycles. The normalized spacial score (nSPS) is 10.6. The predicted molar refractivity (Wildman–Crippen MR) is 96.2 cm³/mol. The maximum Gasteiger partial charge on any atom is 0.256 e. The van der Waals surface area contributed by atoms with Crippen molar-refractivity contribution in [1.82, 2.24) is 19.5 Å². The topological polar surface area (TPSA) is 71.8 Å². The molecule has 1 amide bonds. The minimum Gasteiger partial charge on any atom is -0.378 e. The van der Waals surface area contributed by atoms with Crippen molar-refractivity contribution in [1.29, 1.82) is 0 Å². The summed E-state index contributed by atoms with van der Waals surface area (Å²) in [6, 6.07) is 8.08. The number of rotatable bonds is 5. The molecule has 2 N–H and O–H groups in total. The Morgan fingerprint density at radius 3 is 2.88 bits per heavy atom. The number of carbonyl (C=O) groups excluding carboxylic acids is 1. The van der Waals surface area contributed by atoms with Gasteiger partial charge in [-0.15, -0.1) is 0 Å². The monoisotopic (exact) mass is 341 g/mol. The van der Waals surface area contributed by atoms with Gasteiger partial charge >= 0.3 is 0 Å². The highest BCUT2D eigenvalue weighted by molar-refractivity contribution is 7.10. The summed E-state index contributed by atoms with van der Waals surface area (Å²) >= 11 is 1.30. The molecule has 0 aliphatic carbocycles. The second-order valence-electron chi connectivity index (χ2n) is 5.51. The van der Waals surface area contributed by atoms with Crippen LogP contribution in [-0.2, 0) is 13.6 Å². The van der Waals surface area contributed by atoms with Gasteiger partial charge in [-0.3, -0.25) is 9.48 Å². The maximum absolute atomic E-state index is 12.4. The van der Waals surface area contributed by atoms with Gasteiger partial charge in [-0.25, -0.2) is 0 Å². The van der Waals surface area contributed by atoms with Gasteiger partial charge in [0.2, 0.25) is 0 Å². The van der Waals surface area contributed by atoms with E-state index in [2.05, 4.69) is 26.2 Å². The highest BCUT2D eigenvalue weighted by atomic mass is 32.1. The summed E-state index contributed by atoms with van der Waals surface area (Å²) in [5.41, 5.74) is 4.54. The molecule has 24 heavy (non-hydrogen) atoms. The maximum atomic E-state index is 12.4. The third-order valence-electron chi connectivity index (χ3n) is 3.74. The Kier molecular flexibility index (Phi) is 4.61. The van der Waals surface area contributed by atoms with E-state index in [1.54, 1.807) is 11.7 Å². The van der Waals surface area contributed by atoms with Gasteiger partial charge in [-0.05, 0) is 35.6 Å². The molecule has 0 saturated heterocycles. The molecule has 0 fully saturated rings. The molecule has 6 nitrogen and oxygen atoms in total. The van der Waals surface area contributed by atoms with Crippen molar-refractivity contribution in [3.8, 4) is 11.1 Å². The number of hydrogen-bond donors (Lipinski definition) is 2. The van der Waals surface area contributed by atoms with Gasteiger partial charge in [0, 0.05) is 32.4 Å². The Balaban J connectivity index is 1.73. The standard InChI is InChI=1S/C17H19N5OS/c1-11-15(17(18-2)24-21-11)16(23)19-8-12-5-4-6-13(7-12)14-9-20-22(3)10-14/h4-7,9-10,18H,8H2,1-3H3,(H,19,23). The van der Waals surface area contributed by atoms with Crippen LogP contribution in [0.3, 0.4) is 0 Å². The van der Waals surface area contributed by atoms with Gasteiger partial charge in [-0.2, -0.15) is 9.47 Å². The summed E-state index contributed by atoms with van der Waals surface area (Å²) in [6.45, 7) is 2.31. The van der Waals surface area contributed by atoms with E-state index in [1.165, 1.54) is 11.5 Å². The Bertz CT molecular complexity index is 868. The Labute approximate surface area is 144 Å². The van der Waals surface area contributed by atoms with Crippen molar-refractivity contribution >= 4 is 22.4 Å². The van der Waals surface area contributed by atoms with Crippen molar-refractivity contribution in [2.45, 2.75) is 13.5 Å². The highest BCUT2D eigenvalue weighted by Crippen LogP contribution is 2.24. The van der Waals surface area contributed by atoms with Crippen LogP contribution < -0.4 is 10.6 Å². The van der Waals surface area contributed by atoms with Crippen molar-refractivity contribution in [3.63, 3.8) is 0 Å². The fourth-order valence-corrected chi connectivity index (χ4v) is 3.25. The molecule has 0 atom stereocenters. The highest BCUT2D eigenvalue weighted by Gasteiger charge is 2.17. The SMILES string of the molecule is CNc1snc(C)c1C(=O)NCc1cccc(-c2cnn(C)c2)c1. The molecule has 0 saturated carbocycles. The number of nitrogens with one attached hydrogen (secondary N) is 2. The van der Waals surface area contributed by atoms with E-state index in [1.807, 2.05) is 44.6 Å². The third-order valence-corrected chi connectivity index (χ3v) is 4.69. The zero-order chi connectivity index (χ0) is 17.1. The van der Waals surface area contributed by atoms with Gasteiger partial charge in [0.05, 0.1) is 17.5 Å². The Morgan fingerprint density at radius 2 is 2.17 bits per heavy atom. The molecule has 124 valence electrons. The van der Waals surface area contributed by atoms with Crippen molar-refractivity contribution in [2.24, 2.45) is 7.05 Å². The molecule has 2 heterocycles. The molecular formula is C17H19N5OS. The van der Waals surface area contributed by atoms with Crippen LogP contribution >= 0.6 is 11.5 Å². The first-order valence-corrected chi connectivity index (χ1v) is 8.36. The molecule has 7 heteroatoms. The lowest BCUT2D eigenvalue weighted by Gasteiger charge is -2.08. The molecule has 0 aliphatic heterocycles. The van der Waals surface area contributed by atoms with Crippen LogP contribution in [0.15, 0.2) is 36.7 Å². The lowest BCUT2D eigenvalue weighted by atomic mass is 10.1. The zero-order valence-electron chi connectivity index (χ0n) is 13.8. The second kappa shape index (κ2) is 6.84. The molecule has 3 aromatic rings. The van der Waals surface area contributed by atoms with E-state index >= 15 is 0 Å². The van der Waals surface area contributed by atoms with Gasteiger partial charge in [-0.1, -0.05) is 18.2 Å². The molecule has 0 spiro atoms. The summed E-state index contributed by atoms with van der Waals surface area (Å²) in [5.74, 6) is -0.114. The third kappa shape index (κ3) is 3.30. The van der Waals surface area contributed by atoms with E-state index < -0.39 is 0 Å². The molecule has 3 rings (SSSR count). The second-order valence-corrected chi connectivity index (χ2v) is 6.28.